The number of hydrogen-bond donors (Lipinski definition) is 2. The molecule has 1 aliphatic rings. The van der Waals surface area contributed by atoms with Gasteiger partial charge in [-0.3, -0.25) is 4.99 Å². The Balaban J connectivity index is 1.73. The number of fused-ring (bicyclic) bond motifs is 1. The number of rotatable bonds is 6. The van der Waals surface area contributed by atoms with E-state index in [-0.39, 0.29) is 12.1 Å². The van der Waals surface area contributed by atoms with Crippen LogP contribution in [0.1, 0.15) is 58.8 Å². The molecule has 180 valence electrons. The number of likely N-dealkylation sites (tertiary alicyclic amines) is 1. The maximum atomic E-state index is 12.3. The molecule has 1 aromatic heterocycles. The van der Waals surface area contributed by atoms with E-state index in [0.29, 0.717) is 19.6 Å². The quantitative estimate of drug-likeness (QED) is 0.516. The number of imidazole rings is 1. The van der Waals surface area contributed by atoms with Crippen molar-refractivity contribution in [2.75, 3.05) is 13.1 Å². The van der Waals surface area contributed by atoms with Gasteiger partial charge < -0.3 is 21.1 Å². The number of ether oxygens (including phenoxy) is 1. The van der Waals surface area contributed by atoms with E-state index in [1.165, 1.54) is 5.52 Å². The molecule has 0 saturated carbocycles. The Hall–Kier alpha value is -2.87. The van der Waals surface area contributed by atoms with Gasteiger partial charge in [0.2, 0.25) is 0 Å². The van der Waals surface area contributed by atoms with Gasteiger partial charge in [-0.1, -0.05) is 0 Å². The topological polar surface area (TPSA) is 103 Å². The maximum absolute atomic E-state index is 12.3. The van der Waals surface area contributed by atoms with Crippen LogP contribution in [-0.2, 0) is 24.4 Å². The van der Waals surface area contributed by atoms with E-state index < -0.39 is 5.60 Å². The van der Waals surface area contributed by atoms with Crippen LogP contribution >= 0.6 is 0 Å². The van der Waals surface area contributed by atoms with E-state index in [9.17, 15) is 4.79 Å². The van der Waals surface area contributed by atoms with Gasteiger partial charge in [-0.25, -0.2) is 13.9 Å². The highest BCUT2D eigenvalue weighted by Gasteiger charge is 2.27. The number of amides is 1. The molecule has 2 heterocycles. The van der Waals surface area contributed by atoms with Crippen LogP contribution in [0.15, 0.2) is 29.4 Å². The number of piperidine rings is 1. The average Bonchev–Trinajstić information content (AvgIpc) is 3.10. The first kappa shape index (κ1) is 24.8. The standard InChI is InChI=1S/C25H39N6O2/c1-6-30-21-9-8-18(14-22(21)31(7-2)23(30)16-27)19(15-26)17-28-20-10-12-29(13-11-20)24(32)33-25(3,4)5/h8-9,14-15,17,20H,6-7,10-13,16,26-27H2,1-5H3/q+1/b19-15+,28-17?. The van der Waals surface area contributed by atoms with Gasteiger partial charge in [0, 0.05) is 31.1 Å². The van der Waals surface area contributed by atoms with Gasteiger partial charge in [-0.2, -0.15) is 0 Å². The predicted molar refractivity (Wildman–Crippen MR) is 133 cm³/mol. The van der Waals surface area contributed by atoms with Crippen molar-refractivity contribution in [3.63, 3.8) is 0 Å². The van der Waals surface area contributed by atoms with Crippen LogP contribution in [0.3, 0.4) is 0 Å². The Bertz CT molecular complexity index is 1040. The summed E-state index contributed by atoms with van der Waals surface area (Å²) in [6, 6.07) is 6.55. The van der Waals surface area contributed by atoms with Crippen LogP contribution in [0.5, 0.6) is 0 Å². The fraction of sp³-hybridized carbons (Fsp3) is 0.560. The van der Waals surface area contributed by atoms with Crippen molar-refractivity contribution in [1.82, 2.24) is 9.47 Å². The lowest BCUT2D eigenvalue weighted by Gasteiger charge is -2.32. The summed E-state index contributed by atoms with van der Waals surface area (Å²) in [6.45, 7) is 13.4. The second-order valence-corrected chi connectivity index (χ2v) is 9.41. The summed E-state index contributed by atoms with van der Waals surface area (Å²) in [5, 5.41) is 0. The Kier molecular flexibility index (Phi) is 7.79. The van der Waals surface area contributed by atoms with E-state index in [1.54, 1.807) is 11.1 Å². The number of aryl methyl sites for hydroxylation is 2. The molecule has 1 amide bonds. The molecule has 0 radical (unpaired) electrons. The van der Waals surface area contributed by atoms with Crippen molar-refractivity contribution < 1.29 is 14.1 Å². The summed E-state index contributed by atoms with van der Waals surface area (Å²) in [4.78, 5) is 18.8. The molecule has 0 aliphatic carbocycles. The Labute approximate surface area is 196 Å². The SMILES string of the molecule is CCn1c(CN)[n+](CC)c2ccc(/C(C=NC3CCN(C(=O)OC(C)(C)C)CC3)=C/N)cc21. The molecule has 33 heavy (non-hydrogen) atoms. The molecule has 0 bridgehead atoms. The van der Waals surface area contributed by atoms with Crippen LogP contribution in [0.2, 0.25) is 0 Å². The molecule has 1 aliphatic heterocycles. The van der Waals surface area contributed by atoms with Crippen molar-refractivity contribution >= 4 is 28.9 Å². The van der Waals surface area contributed by atoms with Crippen LogP contribution < -0.4 is 16.0 Å². The van der Waals surface area contributed by atoms with Gasteiger partial charge in [0.15, 0.2) is 11.0 Å². The minimum atomic E-state index is -0.479. The number of nitrogens with two attached hydrogens (primary N) is 2. The van der Waals surface area contributed by atoms with E-state index in [0.717, 1.165) is 48.4 Å². The molecule has 1 saturated heterocycles. The lowest BCUT2D eigenvalue weighted by Crippen LogP contribution is -2.42. The molecule has 8 heteroatoms. The number of hydrogen-bond acceptors (Lipinski definition) is 5. The third-order valence-corrected chi connectivity index (χ3v) is 6.05. The van der Waals surface area contributed by atoms with Crippen LogP contribution in [-0.4, -0.2) is 46.5 Å². The molecule has 0 atom stereocenters. The van der Waals surface area contributed by atoms with E-state index >= 15 is 0 Å². The van der Waals surface area contributed by atoms with Crippen molar-refractivity contribution in [1.29, 1.82) is 0 Å². The summed E-state index contributed by atoms with van der Waals surface area (Å²) in [5.74, 6) is 1.12. The van der Waals surface area contributed by atoms with Gasteiger partial charge >= 0.3 is 6.09 Å². The highest BCUT2D eigenvalue weighted by atomic mass is 16.6. The highest BCUT2D eigenvalue weighted by Crippen LogP contribution is 2.22. The van der Waals surface area contributed by atoms with Crippen LogP contribution in [0, 0.1) is 0 Å². The number of nitrogens with zero attached hydrogens (tertiary/aromatic N) is 4. The third kappa shape index (κ3) is 5.55. The molecule has 8 nitrogen and oxygen atoms in total. The molecule has 1 fully saturated rings. The Morgan fingerprint density at radius 1 is 1.27 bits per heavy atom. The first-order valence-corrected chi connectivity index (χ1v) is 11.9. The smallest absolute Gasteiger partial charge is 0.410 e. The lowest BCUT2D eigenvalue weighted by molar-refractivity contribution is -0.676. The molecule has 1 aromatic carbocycles. The maximum Gasteiger partial charge on any atom is 0.410 e. The first-order chi connectivity index (χ1) is 15.7. The van der Waals surface area contributed by atoms with E-state index in [1.807, 2.05) is 27.0 Å². The number of aromatic nitrogens is 2. The Morgan fingerprint density at radius 3 is 2.52 bits per heavy atom. The molecule has 2 aromatic rings. The summed E-state index contributed by atoms with van der Waals surface area (Å²) in [5.41, 5.74) is 15.8. The monoisotopic (exact) mass is 455 g/mol. The second-order valence-electron chi connectivity index (χ2n) is 9.41. The lowest BCUT2D eigenvalue weighted by atomic mass is 10.0. The van der Waals surface area contributed by atoms with Crippen LogP contribution in [0.25, 0.3) is 16.6 Å². The van der Waals surface area contributed by atoms with Crippen LogP contribution in [0.4, 0.5) is 4.79 Å². The summed E-state index contributed by atoms with van der Waals surface area (Å²) in [7, 11) is 0. The van der Waals surface area contributed by atoms with Crippen molar-refractivity contribution in [3.05, 3.63) is 35.8 Å². The molecule has 3 rings (SSSR count). The zero-order valence-corrected chi connectivity index (χ0v) is 20.7. The summed E-state index contributed by atoms with van der Waals surface area (Å²) in [6.07, 6.45) is 4.84. The Morgan fingerprint density at radius 2 is 1.97 bits per heavy atom. The van der Waals surface area contributed by atoms with Crippen molar-refractivity contribution in [3.8, 4) is 0 Å². The fourth-order valence-corrected chi connectivity index (χ4v) is 4.42. The zero-order valence-electron chi connectivity index (χ0n) is 20.7. The van der Waals surface area contributed by atoms with E-state index in [2.05, 4.69) is 41.2 Å². The average molecular weight is 456 g/mol. The van der Waals surface area contributed by atoms with Gasteiger partial charge in [0.1, 0.15) is 5.60 Å². The number of aliphatic imine (C=N–C) groups is 1. The molecule has 4 N–H and O–H groups in total. The minimum Gasteiger partial charge on any atom is -0.444 e. The molecular formula is C25H39N6O2+. The number of benzene rings is 1. The van der Waals surface area contributed by atoms with Gasteiger partial charge in [-0.15, -0.1) is 0 Å². The van der Waals surface area contributed by atoms with Gasteiger partial charge in [-0.05, 0) is 71.2 Å². The summed E-state index contributed by atoms with van der Waals surface area (Å²) < 4.78 is 10.0. The molecule has 0 spiro atoms. The number of allylic oxidation sites excluding steroid dienone is 1. The van der Waals surface area contributed by atoms with Gasteiger partial charge in [0.25, 0.3) is 5.82 Å². The molecule has 0 unspecified atom stereocenters. The molecular weight excluding hydrogens is 416 g/mol. The minimum absolute atomic E-state index is 0.160. The highest BCUT2D eigenvalue weighted by molar-refractivity contribution is 6.10. The first-order valence-electron chi connectivity index (χ1n) is 11.9. The van der Waals surface area contributed by atoms with Crippen molar-refractivity contribution in [2.24, 2.45) is 16.5 Å². The van der Waals surface area contributed by atoms with E-state index in [4.69, 9.17) is 21.2 Å². The number of carbonyl (C=O) groups is 1. The fourth-order valence-electron chi connectivity index (χ4n) is 4.42. The summed E-state index contributed by atoms with van der Waals surface area (Å²) >= 11 is 0. The number of carbonyl (C=O) groups excluding carboxylic acids is 1. The zero-order chi connectivity index (χ0) is 24.2. The predicted octanol–water partition coefficient (Wildman–Crippen LogP) is 3.20. The van der Waals surface area contributed by atoms with Gasteiger partial charge in [0.05, 0.1) is 25.7 Å². The van der Waals surface area contributed by atoms with Crippen molar-refractivity contribution in [2.45, 2.75) is 78.7 Å². The largest absolute Gasteiger partial charge is 0.444 e. The third-order valence-electron chi connectivity index (χ3n) is 6.05. The second kappa shape index (κ2) is 10.4. The normalized spacial score (nSPS) is 16.2.